The van der Waals surface area contributed by atoms with Gasteiger partial charge in [0.2, 0.25) is 0 Å². The molecule has 1 aliphatic rings. The Labute approximate surface area is 149 Å². The molecule has 0 saturated carbocycles. The molecule has 0 N–H and O–H groups in total. The number of alkyl halides is 3. The Kier molecular flexibility index (Phi) is 3.83. The molecule has 136 valence electrons. The summed E-state index contributed by atoms with van der Waals surface area (Å²) in [6.45, 7) is 0. The quantitative estimate of drug-likeness (QED) is 0.645. The van der Waals surface area contributed by atoms with E-state index in [2.05, 4.69) is 20.3 Å². The average Bonchev–Trinajstić information content (AvgIpc) is 3.09. The molecule has 3 heterocycles. The Morgan fingerprint density at radius 2 is 1.89 bits per heavy atom. The number of aromatic nitrogens is 4. The number of para-hydroxylation sites is 1. The third-order valence-electron chi connectivity index (χ3n) is 4.13. The lowest BCUT2D eigenvalue weighted by Gasteiger charge is -2.15. The predicted molar refractivity (Wildman–Crippen MR) is 87.8 cm³/mol. The lowest BCUT2D eigenvalue weighted by Crippen LogP contribution is -2.31. The van der Waals surface area contributed by atoms with Crippen LogP contribution in [0.3, 0.4) is 0 Å². The summed E-state index contributed by atoms with van der Waals surface area (Å²) in [5.41, 5.74) is -0.0170. The molecule has 0 fully saturated rings. The number of benzene rings is 1. The van der Waals surface area contributed by atoms with Gasteiger partial charge < -0.3 is 0 Å². The Balaban J connectivity index is 1.68. The monoisotopic (exact) mass is 373 g/mol. The lowest BCUT2D eigenvalue weighted by molar-refractivity contribution is -0.137. The maximum absolute atomic E-state index is 12.8. The number of halogens is 3. The summed E-state index contributed by atoms with van der Waals surface area (Å²) >= 11 is 0. The molecule has 0 unspecified atom stereocenters. The van der Waals surface area contributed by atoms with Crippen LogP contribution in [0.25, 0.3) is 11.0 Å². The average molecular weight is 373 g/mol. The molecule has 3 aromatic rings. The molecule has 1 aliphatic heterocycles. The summed E-state index contributed by atoms with van der Waals surface area (Å²) in [6, 6.07) is 7.41. The fourth-order valence-electron chi connectivity index (χ4n) is 2.77. The number of carbonyl (C=O) groups is 2. The van der Waals surface area contributed by atoms with Gasteiger partial charge in [-0.1, -0.05) is 17.3 Å². The highest BCUT2D eigenvalue weighted by atomic mass is 19.4. The van der Waals surface area contributed by atoms with E-state index in [1.54, 1.807) is 24.3 Å². The summed E-state index contributed by atoms with van der Waals surface area (Å²) in [5.74, 6) is -1.90. The van der Waals surface area contributed by atoms with Crippen LogP contribution in [0.5, 0.6) is 0 Å². The SMILES string of the molecule is O=C(C(=O)n1nnc2ccccc21)C1=Nc2cc(C(F)(F)F)cnc2CC1. The first-order chi connectivity index (χ1) is 12.8. The number of fused-ring (bicyclic) bond motifs is 2. The topological polar surface area (TPSA) is 90.1 Å². The van der Waals surface area contributed by atoms with E-state index in [1.807, 2.05) is 0 Å². The van der Waals surface area contributed by atoms with E-state index in [0.29, 0.717) is 16.7 Å². The Morgan fingerprint density at radius 1 is 1.11 bits per heavy atom. The summed E-state index contributed by atoms with van der Waals surface area (Å²) in [5, 5.41) is 7.49. The number of Topliss-reactive ketones (excluding diaryl/α,β-unsaturated/α-hetero) is 1. The smallest absolute Gasteiger partial charge is 0.282 e. The van der Waals surface area contributed by atoms with Crippen molar-refractivity contribution in [2.45, 2.75) is 19.0 Å². The van der Waals surface area contributed by atoms with Gasteiger partial charge in [-0.25, -0.2) is 4.99 Å². The molecule has 0 spiro atoms. The van der Waals surface area contributed by atoms with Gasteiger partial charge in [0, 0.05) is 6.20 Å². The van der Waals surface area contributed by atoms with Gasteiger partial charge in [-0.3, -0.25) is 14.6 Å². The van der Waals surface area contributed by atoms with Gasteiger partial charge in [-0.05, 0) is 31.0 Å². The van der Waals surface area contributed by atoms with Crippen LogP contribution in [-0.4, -0.2) is 37.4 Å². The van der Waals surface area contributed by atoms with Crippen molar-refractivity contribution >= 4 is 34.1 Å². The van der Waals surface area contributed by atoms with Crippen molar-refractivity contribution < 1.29 is 22.8 Å². The molecule has 1 aromatic carbocycles. The molecule has 0 radical (unpaired) electrons. The van der Waals surface area contributed by atoms with Crippen molar-refractivity contribution in [2.24, 2.45) is 4.99 Å². The zero-order valence-electron chi connectivity index (χ0n) is 13.6. The molecule has 0 amide bonds. The van der Waals surface area contributed by atoms with Gasteiger partial charge in [0.05, 0.1) is 28.2 Å². The summed E-state index contributed by atoms with van der Waals surface area (Å²) < 4.78 is 39.4. The maximum Gasteiger partial charge on any atom is 0.417 e. The number of carbonyl (C=O) groups excluding carboxylic acids is 2. The van der Waals surface area contributed by atoms with E-state index in [9.17, 15) is 22.8 Å². The largest absolute Gasteiger partial charge is 0.417 e. The first kappa shape index (κ1) is 17.0. The zero-order valence-corrected chi connectivity index (χ0v) is 13.6. The molecule has 2 aromatic heterocycles. The molecule has 7 nitrogen and oxygen atoms in total. The normalized spacial score (nSPS) is 14.0. The van der Waals surface area contributed by atoms with E-state index in [-0.39, 0.29) is 24.2 Å². The minimum atomic E-state index is -4.57. The molecule has 0 atom stereocenters. The minimum absolute atomic E-state index is 0.0596. The highest BCUT2D eigenvalue weighted by Crippen LogP contribution is 2.34. The number of hydrogen-bond acceptors (Lipinski definition) is 6. The van der Waals surface area contributed by atoms with E-state index in [0.717, 1.165) is 16.9 Å². The van der Waals surface area contributed by atoms with Crippen LogP contribution >= 0.6 is 0 Å². The van der Waals surface area contributed by atoms with Crippen LogP contribution in [0, 0.1) is 0 Å². The first-order valence-corrected chi connectivity index (χ1v) is 7.88. The van der Waals surface area contributed by atoms with Crippen LogP contribution in [0.15, 0.2) is 41.5 Å². The molecule has 10 heteroatoms. The summed E-state index contributed by atoms with van der Waals surface area (Å²) in [4.78, 5) is 32.7. The number of nitrogens with zero attached hydrogens (tertiary/aromatic N) is 5. The van der Waals surface area contributed by atoms with Gasteiger partial charge >= 0.3 is 12.1 Å². The third kappa shape index (κ3) is 2.98. The van der Waals surface area contributed by atoms with Crippen molar-refractivity contribution in [1.29, 1.82) is 0 Å². The van der Waals surface area contributed by atoms with Gasteiger partial charge in [0.15, 0.2) is 0 Å². The highest BCUT2D eigenvalue weighted by molar-refractivity contribution is 6.65. The van der Waals surface area contributed by atoms with Crippen LogP contribution in [-0.2, 0) is 17.4 Å². The fourth-order valence-corrected chi connectivity index (χ4v) is 2.77. The predicted octanol–water partition coefficient (Wildman–Crippen LogP) is 2.77. The van der Waals surface area contributed by atoms with Crippen molar-refractivity contribution in [3.8, 4) is 0 Å². The van der Waals surface area contributed by atoms with Crippen LogP contribution in [0.2, 0.25) is 0 Å². The van der Waals surface area contributed by atoms with Crippen LogP contribution in [0.1, 0.15) is 22.5 Å². The third-order valence-corrected chi connectivity index (χ3v) is 4.13. The molecular weight excluding hydrogens is 363 g/mol. The Hall–Kier alpha value is -3.43. The van der Waals surface area contributed by atoms with Gasteiger partial charge in [0.25, 0.3) is 5.78 Å². The van der Waals surface area contributed by atoms with Gasteiger partial charge in [-0.2, -0.15) is 17.9 Å². The molecule has 0 bridgehead atoms. The summed E-state index contributed by atoms with van der Waals surface area (Å²) in [7, 11) is 0. The van der Waals surface area contributed by atoms with Gasteiger partial charge in [-0.15, -0.1) is 5.10 Å². The van der Waals surface area contributed by atoms with Crippen LogP contribution < -0.4 is 0 Å². The number of aryl methyl sites for hydroxylation is 1. The number of aliphatic imine (C=N–C) groups is 1. The molecule has 0 aliphatic carbocycles. The number of hydrogen-bond donors (Lipinski definition) is 0. The Bertz CT molecular complexity index is 1120. The fraction of sp³-hybridized carbons (Fsp3) is 0.176. The molecule has 4 rings (SSSR count). The lowest BCUT2D eigenvalue weighted by atomic mass is 10.0. The molecular formula is C17H10F3N5O2. The second kappa shape index (κ2) is 6.08. The van der Waals surface area contributed by atoms with E-state index in [1.165, 1.54) is 0 Å². The summed E-state index contributed by atoms with van der Waals surface area (Å²) in [6.07, 6.45) is -3.53. The number of ketones is 1. The van der Waals surface area contributed by atoms with Gasteiger partial charge in [0.1, 0.15) is 5.52 Å². The maximum atomic E-state index is 12.8. The first-order valence-electron chi connectivity index (χ1n) is 7.88. The van der Waals surface area contributed by atoms with Crippen molar-refractivity contribution in [1.82, 2.24) is 20.0 Å². The Morgan fingerprint density at radius 3 is 2.67 bits per heavy atom. The van der Waals surface area contributed by atoms with E-state index >= 15 is 0 Å². The number of rotatable bonds is 2. The molecule has 0 saturated heterocycles. The van der Waals surface area contributed by atoms with E-state index in [4.69, 9.17) is 0 Å². The van der Waals surface area contributed by atoms with Crippen molar-refractivity contribution in [3.63, 3.8) is 0 Å². The second-order valence-electron chi connectivity index (χ2n) is 5.87. The molecule has 27 heavy (non-hydrogen) atoms. The second-order valence-corrected chi connectivity index (χ2v) is 5.87. The number of pyridine rings is 1. The van der Waals surface area contributed by atoms with Crippen molar-refractivity contribution in [2.75, 3.05) is 0 Å². The standard InChI is InChI=1S/C17H10F3N5O2/c18-17(19,20)9-7-13-10(21-8-9)5-6-12(22-13)15(26)16(27)25-14-4-2-1-3-11(14)23-24-25/h1-4,7-8H,5-6H2. The zero-order chi connectivity index (χ0) is 19.2. The van der Waals surface area contributed by atoms with E-state index < -0.39 is 23.4 Å². The minimum Gasteiger partial charge on any atom is -0.282 e. The van der Waals surface area contributed by atoms with Crippen LogP contribution in [0.4, 0.5) is 18.9 Å². The highest BCUT2D eigenvalue weighted by Gasteiger charge is 2.33. The van der Waals surface area contributed by atoms with Crippen molar-refractivity contribution in [3.05, 3.63) is 47.8 Å².